The number of rotatable bonds is 11. The van der Waals surface area contributed by atoms with Gasteiger partial charge in [0, 0.05) is 57.5 Å². The Morgan fingerprint density at radius 2 is 1.55 bits per heavy atom. The summed E-state index contributed by atoms with van der Waals surface area (Å²) in [6.45, 7) is 0.818. The molecule has 1 fully saturated rings. The first-order chi connectivity index (χ1) is 24.5. The molecule has 0 radical (unpaired) electrons. The number of allylic oxidation sites excluding steroid dienone is 6. The van der Waals surface area contributed by atoms with Crippen LogP contribution in [0, 0.1) is 11.8 Å². The molecule has 1 saturated carbocycles. The number of nitrogens with zero attached hydrogens (tertiary/aromatic N) is 2. The fraction of sp³-hybridized carbons (Fsp3) is 0.275. The quantitative estimate of drug-likeness (QED) is 0.113. The van der Waals surface area contributed by atoms with E-state index in [0.29, 0.717) is 24.9 Å². The molecule has 2 aliphatic carbocycles. The second kappa shape index (κ2) is 13.2. The fourth-order valence-electron chi connectivity index (χ4n) is 8.54. The predicted octanol–water partition coefficient (Wildman–Crippen LogP) is 7.21. The minimum atomic E-state index is -4.33. The lowest BCUT2D eigenvalue weighted by Crippen LogP contribution is -2.19. The summed E-state index contributed by atoms with van der Waals surface area (Å²) in [4.78, 5) is 0. The average Bonchev–Trinajstić information content (AvgIpc) is 3.74. The number of fused-ring (bicyclic) bond motifs is 2. The van der Waals surface area contributed by atoms with E-state index >= 15 is 0 Å². The van der Waals surface area contributed by atoms with Crippen molar-refractivity contribution in [2.24, 2.45) is 11.8 Å². The average molecular weight is 741 g/mol. The van der Waals surface area contributed by atoms with Gasteiger partial charge >= 0.3 is 0 Å². The van der Waals surface area contributed by atoms with E-state index in [1.54, 1.807) is 0 Å². The van der Waals surface area contributed by atoms with Crippen molar-refractivity contribution >= 4 is 81.8 Å². The molecule has 2 bridgehead atoms. The Hall–Kier alpha value is -4.06. The molecule has 0 saturated heterocycles. The van der Waals surface area contributed by atoms with E-state index in [0.717, 1.165) is 90.2 Å². The normalized spacial score (nSPS) is 20.5. The molecule has 8 nitrogen and oxygen atoms in total. The van der Waals surface area contributed by atoms with Gasteiger partial charge in [0.2, 0.25) is 11.4 Å². The monoisotopic (exact) mass is 740 g/mol. The minimum absolute atomic E-state index is 0.216. The summed E-state index contributed by atoms with van der Waals surface area (Å²) < 4.78 is 71.1. The maximum Gasteiger partial charge on any atom is 0.264 e. The van der Waals surface area contributed by atoms with E-state index in [2.05, 4.69) is 69.8 Å². The van der Waals surface area contributed by atoms with E-state index in [1.807, 2.05) is 36.4 Å². The Kier molecular flexibility index (Phi) is 8.79. The van der Waals surface area contributed by atoms with Crippen LogP contribution in [0.3, 0.4) is 0 Å². The molecule has 51 heavy (non-hydrogen) atoms. The summed E-state index contributed by atoms with van der Waals surface area (Å²) >= 11 is 7.33. The van der Waals surface area contributed by atoms with Crippen molar-refractivity contribution in [3.8, 4) is 0 Å². The first-order valence-electron chi connectivity index (χ1n) is 17.3. The summed E-state index contributed by atoms with van der Waals surface area (Å²) in [6, 6.07) is 24.6. The Morgan fingerprint density at radius 1 is 0.843 bits per heavy atom. The number of hydrogen-bond donors (Lipinski definition) is 1. The largest absolute Gasteiger partial charge is 0.748 e. The van der Waals surface area contributed by atoms with Gasteiger partial charge < -0.3 is 9.12 Å². The van der Waals surface area contributed by atoms with Crippen LogP contribution in [0.2, 0.25) is 0 Å². The van der Waals surface area contributed by atoms with E-state index < -0.39 is 26.0 Å². The van der Waals surface area contributed by atoms with Gasteiger partial charge in [-0.15, -0.1) is 0 Å². The zero-order chi connectivity index (χ0) is 35.5. The fourth-order valence-corrected chi connectivity index (χ4v) is 9.95. The molecule has 5 aromatic rings. The molecule has 0 amide bonds. The van der Waals surface area contributed by atoms with E-state index in [9.17, 15) is 25.9 Å². The minimum Gasteiger partial charge on any atom is -0.748 e. The molecule has 1 aliphatic heterocycles. The standard InChI is InChI=1S/C40H37ClN2O6S2/c41-40-30(17-19-34-32-11-1-7-26-9-3-13-36(38(26)32)42(34)21-5-23-50(44,45)46)28-15-16-29(25-28)31(40)18-20-35-33-12-2-8-27-10-4-14-37(39(27)33)43(35)22-6-24-51(47,48)49/h1-4,7-14,17-20,28-29H,5-6,15-16,21-25H2,(H-,44,45,46,47,48,49). The number of aromatic nitrogens is 1. The van der Waals surface area contributed by atoms with Crippen LogP contribution in [-0.4, -0.2) is 58.8 Å². The zero-order valence-electron chi connectivity index (χ0n) is 27.8. The maximum atomic E-state index is 11.6. The van der Waals surface area contributed by atoms with E-state index in [1.165, 1.54) is 0 Å². The van der Waals surface area contributed by atoms with Gasteiger partial charge in [0.25, 0.3) is 10.1 Å². The van der Waals surface area contributed by atoms with Gasteiger partial charge in [0.15, 0.2) is 6.54 Å². The van der Waals surface area contributed by atoms with Crippen LogP contribution in [0.15, 0.2) is 107 Å². The van der Waals surface area contributed by atoms with Crippen LogP contribution in [-0.2, 0) is 26.8 Å². The molecule has 1 aromatic heterocycles. The van der Waals surface area contributed by atoms with Crippen molar-refractivity contribution < 1.29 is 30.5 Å². The molecule has 3 aliphatic rings. The Morgan fingerprint density at radius 3 is 2.31 bits per heavy atom. The van der Waals surface area contributed by atoms with Crippen molar-refractivity contribution in [1.29, 1.82) is 0 Å². The summed E-state index contributed by atoms with van der Waals surface area (Å²) in [6.07, 6.45) is 12.0. The molecule has 262 valence electrons. The molecule has 2 atom stereocenters. The lowest BCUT2D eigenvalue weighted by atomic mass is 9.84. The van der Waals surface area contributed by atoms with Gasteiger partial charge in [0.1, 0.15) is 0 Å². The number of aryl methyl sites for hydroxylation is 1. The Bertz CT molecular complexity index is 2640. The molecule has 0 spiro atoms. The second-order valence-corrected chi connectivity index (χ2v) is 17.3. The maximum absolute atomic E-state index is 11.6. The third kappa shape index (κ3) is 6.49. The number of benzene rings is 4. The van der Waals surface area contributed by atoms with Gasteiger partial charge in [-0.05, 0) is 77.6 Å². The van der Waals surface area contributed by atoms with Crippen LogP contribution in [0.4, 0.5) is 5.69 Å². The summed E-state index contributed by atoms with van der Waals surface area (Å²) in [5.74, 6) is -0.0870. The number of hydrogen-bond acceptors (Lipinski definition) is 5. The smallest absolute Gasteiger partial charge is 0.264 e. The summed E-state index contributed by atoms with van der Waals surface area (Å²) in [5, 5.41) is 7.21. The molecule has 2 unspecified atom stereocenters. The van der Waals surface area contributed by atoms with Crippen molar-refractivity contribution in [1.82, 2.24) is 4.57 Å². The molecular formula is C40H37ClN2O6S2. The predicted molar refractivity (Wildman–Crippen MR) is 203 cm³/mol. The highest BCUT2D eigenvalue weighted by molar-refractivity contribution is 7.85. The van der Waals surface area contributed by atoms with Gasteiger partial charge in [-0.3, -0.25) is 4.55 Å². The van der Waals surface area contributed by atoms with Crippen molar-refractivity contribution in [3.63, 3.8) is 0 Å². The zero-order valence-corrected chi connectivity index (χ0v) is 30.2. The van der Waals surface area contributed by atoms with Gasteiger partial charge in [-0.2, -0.15) is 13.0 Å². The third-order valence-electron chi connectivity index (χ3n) is 10.7. The first kappa shape index (κ1) is 34.0. The van der Waals surface area contributed by atoms with Crippen molar-refractivity contribution in [3.05, 3.63) is 118 Å². The van der Waals surface area contributed by atoms with Crippen LogP contribution in [0.5, 0.6) is 0 Å². The summed E-state index contributed by atoms with van der Waals surface area (Å²) in [7, 11) is -8.41. The highest BCUT2D eigenvalue weighted by Gasteiger charge is 2.37. The molecule has 2 heterocycles. The Labute approximate surface area is 302 Å². The Balaban J connectivity index is 1.21. The van der Waals surface area contributed by atoms with Gasteiger partial charge in [-0.25, -0.2) is 8.42 Å². The van der Waals surface area contributed by atoms with Crippen LogP contribution in [0.1, 0.15) is 37.7 Å². The molecule has 8 rings (SSSR count). The van der Waals surface area contributed by atoms with Gasteiger partial charge in [-0.1, -0.05) is 78.4 Å². The lowest BCUT2D eigenvalue weighted by Gasteiger charge is -2.24. The van der Waals surface area contributed by atoms with Crippen molar-refractivity contribution in [2.45, 2.75) is 38.6 Å². The highest BCUT2D eigenvalue weighted by atomic mass is 35.5. The van der Waals surface area contributed by atoms with Crippen LogP contribution < -0.4 is 5.35 Å². The molecule has 11 heteroatoms. The van der Waals surface area contributed by atoms with Crippen LogP contribution >= 0.6 is 11.6 Å². The summed E-state index contributed by atoms with van der Waals surface area (Å²) in [5.41, 5.74) is 6.18. The topological polar surface area (TPSA) is 120 Å². The van der Waals surface area contributed by atoms with Crippen molar-refractivity contribution in [2.75, 3.05) is 18.1 Å². The highest BCUT2D eigenvalue weighted by Crippen LogP contribution is 2.50. The molecule has 1 N–H and O–H groups in total. The first-order valence-corrected chi connectivity index (χ1v) is 20.9. The molecular weight excluding hydrogens is 704 g/mol. The second-order valence-electron chi connectivity index (χ2n) is 13.8. The van der Waals surface area contributed by atoms with E-state index in [-0.39, 0.29) is 18.6 Å². The van der Waals surface area contributed by atoms with Gasteiger partial charge in [0.05, 0.1) is 26.8 Å². The third-order valence-corrected chi connectivity index (χ3v) is 12.7. The van der Waals surface area contributed by atoms with Crippen LogP contribution in [0.25, 0.3) is 38.5 Å². The van der Waals surface area contributed by atoms with E-state index in [4.69, 9.17) is 11.6 Å². The SMILES string of the molecule is O=S(=O)([O-])CCC[N+]1=C(/C=C/C2=C(Cl)C(=C/C=c3/c4cccc5cccc(c54)n3CCCS(=O)(=O)O)/C3CCC2C3)c2cccc3cccc1c23. The lowest BCUT2D eigenvalue weighted by molar-refractivity contribution is -0.435. The number of halogens is 1. The molecule has 4 aromatic carbocycles.